The van der Waals surface area contributed by atoms with Crippen molar-refractivity contribution in [2.45, 2.75) is 31.7 Å². The molecule has 1 aromatic carbocycles. The molecular formula is C19H15F7N4O2. The third-order valence-corrected chi connectivity index (χ3v) is 4.76. The fraction of sp³-hybridized carbons (Fsp3) is 0.316. The third-order valence-electron chi connectivity index (χ3n) is 4.76. The van der Waals surface area contributed by atoms with Crippen LogP contribution in [-0.4, -0.2) is 29.9 Å². The van der Waals surface area contributed by atoms with Crippen LogP contribution in [0.15, 0.2) is 30.3 Å². The summed E-state index contributed by atoms with van der Waals surface area (Å²) < 4.78 is 92.4. The van der Waals surface area contributed by atoms with Crippen LogP contribution in [0.4, 0.5) is 42.2 Å². The third kappa shape index (κ3) is 4.60. The minimum atomic E-state index is -5.21. The summed E-state index contributed by atoms with van der Waals surface area (Å²) >= 11 is 0. The highest BCUT2D eigenvalue weighted by molar-refractivity contribution is 6.03. The molecule has 0 spiro atoms. The number of benzene rings is 1. The summed E-state index contributed by atoms with van der Waals surface area (Å²) in [5, 5.41) is 0.571. The molecule has 2 amide bonds. The topological polar surface area (TPSA) is 65.5 Å². The van der Waals surface area contributed by atoms with E-state index in [-0.39, 0.29) is 17.3 Å². The number of carbonyl (C=O) groups is 2. The minimum absolute atomic E-state index is 0.161. The fourth-order valence-corrected chi connectivity index (χ4v) is 3.08. The quantitative estimate of drug-likeness (QED) is 0.702. The van der Waals surface area contributed by atoms with Crippen LogP contribution in [0.2, 0.25) is 0 Å². The second-order valence-electron chi connectivity index (χ2n) is 7.05. The van der Waals surface area contributed by atoms with Crippen molar-refractivity contribution in [1.82, 2.24) is 10.4 Å². The predicted octanol–water partition coefficient (Wildman–Crippen LogP) is 3.84. The number of likely N-dealkylation sites (N-methyl/N-ethyl adjacent to an activating group) is 1. The van der Waals surface area contributed by atoms with Gasteiger partial charge in [-0.2, -0.15) is 26.3 Å². The zero-order chi connectivity index (χ0) is 24.0. The number of amides is 2. The summed E-state index contributed by atoms with van der Waals surface area (Å²) in [4.78, 5) is 29.1. The Bertz CT molecular complexity index is 1040. The normalized spacial score (nSPS) is 16.8. The molecule has 172 valence electrons. The molecule has 2 heterocycles. The Morgan fingerprint density at radius 3 is 2.34 bits per heavy atom. The van der Waals surface area contributed by atoms with Gasteiger partial charge in [-0.25, -0.2) is 9.37 Å². The Morgan fingerprint density at radius 1 is 1.12 bits per heavy atom. The van der Waals surface area contributed by atoms with E-state index in [1.165, 1.54) is 26.1 Å². The number of rotatable bonds is 3. The van der Waals surface area contributed by atoms with Crippen molar-refractivity contribution in [2.75, 3.05) is 17.0 Å². The van der Waals surface area contributed by atoms with Gasteiger partial charge in [-0.05, 0) is 42.8 Å². The first kappa shape index (κ1) is 23.3. The Hall–Kier alpha value is -3.38. The summed E-state index contributed by atoms with van der Waals surface area (Å²) in [6.07, 6.45) is -10.9. The van der Waals surface area contributed by atoms with E-state index in [4.69, 9.17) is 0 Å². The van der Waals surface area contributed by atoms with Crippen LogP contribution in [0, 0.1) is 12.7 Å². The second kappa shape index (κ2) is 7.95. The lowest BCUT2D eigenvalue weighted by atomic mass is 10.1. The van der Waals surface area contributed by atoms with Crippen molar-refractivity contribution >= 4 is 23.3 Å². The van der Waals surface area contributed by atoms with E-state index in [9.17, 15) is 40.3 Å². The largest absolute Gasteiger partial charge is 0.433 e. The first-order valence-corrected chi connectivity index (χ1v) is 8.97. The lowest BCUT2D eigenvalue weighted by Gasteiger charge is -2.28. The van der Waals surface area contributed by atoms with E-state index in [1.54, 1.807) is 0 Å². The SMILES string of the molecule is Cc1cc(N(C)C(=O)C2CC(=O)NN2c2cc(C(F)(F)F)cc(C(F)(F)F)n2)ccc1F. The summed E-state index contributed by atoms with van der Waals surface area (Å²) in [6, 6.07) is 2.34. The molecule has 32 heavy (non-hydrogen) atoms. The lowest BCUT2D eigenvalue weighted by molar-refractivity contribution is -0.145. The molecule has 2 aromatic rings. The maximum Gasteiger partial charge on any atom is 0.433 e. The maximum absolute atomic E-state index is 13.5. The molecule has 1 fully saturated rings. The highest BCUT2D eigenvalue weighted by Crippen LogP contribution is 2.37. The van der Waals surface area contributed by atoms with E-state index in [0.29, 0.717) is 11.1 Å². The predicted molar refractivity (Wildman–Crippen MR) is 97.8 cm³/mol. The molecular weight excluding hydrogens is 449 g/mol. The zero-order valence-corrected chi connectivity index (χ0v) is 16.5. The number of carbonyl (C=O) groups excluding carboxylic acids is 2. The molecule has 1 aromatic heterocycles. The van der Waals surface area contributed by atoms with Crippen LogP contribution in [0.5, 0.6) is 0 Å². The number of aryl methyl sites for hydroxylation is 1. The molecule has 1 N–H and O–H groups in total. The summed E-state index contributed by atoms with van der Waals surface area (Å²) in [5.74, 6) is -3.08. The summed E-state index contributed by atoms with van der Waals surface area (Å²) in [5.41, 5.74) is -0.997. The number of pyridine rings is 1. The van der Waals surface area contributed by atoms with E-state index < -0.39 is 59.5 Å². The van der Waals surface area contributed by atoms with Gasteiger partial charge in [-0.15, -0.1) is 0 Å². The van der Waals surface area contributed by atoms with Gasteiger partial charge in [0, 0.05) is 12.7 Å². The Kier molecular flexibility index (Phi) is 5.78. The van der Waals surface area contributed by atoms with Crippen LogP contribution in [-0.2, 0) is 21.9 Å². The number of alkyl halides is 6. The van der Waals surface area contributed by atoms with Gasteiger partial charge in [0.2, 0.25) is 5.91 Å². The zero-order valence-electron chi connectivity index (χ0n) is 16.5. The lowest BCUT2D eigenvalue weighted by Crippen LogP contribution is -2.48. The van der Waals surface area contributed by atoms with Crippen molar-refractivity contribution in [3.05, 3.63) is 53.0 Å². The van der Waals surface area contributed by atoms with E-state index in [0.717, 1.165) is 11.0 Å². The first-order chi connectivity index (χ1) is 14.7. The Labute approximate surface area is 176 Å². The molecule has 13 heteroatoms. The van der Waals surface area contributed by atoms with E-state index in [2.05, 4.69) is 10.4 Å². The van der Waals surface area contributed by atoms with Crippen molar-refractivity contribution < 1.29 is 40.3 Å². The Morgan fingerprint density at radius 2 is 1.78 bits per heavy atom. The molecule has 6 nitrogen and oxygen atoms in total. The highest BCUT2D eigenvalue weighted by atomic mass is 19.4. The fourth-order valence-electron chi connectivity index (χ4n) is 3.08. The number of aromatic nitrogens is 1. The van der Waals surface area contributed by atoms with Crippen molar-refractivity contribution in [3.8, 4) is 0 Å². The highest BCUT2D eigenvalue weighted by Gasteiger charge is 2.43. The first-order valence-electron chi connectivity index (χ1n) is 8.97. The standard InChI is InChI=1S/C19H15F7N4O2/c1-9-5-11(3-4-12(9)20)29(2)17(32)13-8-16(31)28-30(13)15-7-10(18(21,22)23)6-14(27-15)19(24,25)26/h3-7,13H,8H2,1-2H3,(H,28,31). The van der Waals surface area contributed by atoms with Gasteiger partial charge in [-0.1, -0.05) is 0 Å². The smallest absolute Gasteiger partial charge is 0.314 e. The van der Waals surface area contributed by atoms with E-state index >= 15 is 0 Å². The number of hydrogen-bond donors (Lipinski definition) is 1. The molecule has 1 aliphatic rings. The molecule has 0 aliphatic carbocycles. The number of nitrogens with zero attached hydrogens (tertiary/aromatic N) is 3. The van der Waals surface area contributed by atoms with Crippen LogP contribution < -0.4 is 15.3 Å². The minimum Gasteiger partial charge on any atom is -0.314 e. The molecule has 1 aliphatic heterocycles. The van der Waals surface area contributed by atoms with Gasteiger partial charge in [-0.3, -0.25) is 20.0 Å². The van der Waals surface area contributed by atoms with Crippen LogP contribution in [0.1, 0.15) is 23.2 Å². The molecule has 0 radical (unpaired) electrons. The Balaban J connectivity index is 2.02. The van der Waals surface area contributed by atoms with Gasteiger partial charge < -0.3 is 4.90 Å². The average molecular weight is 464 g/mol. The second-order valence-corrected chi connectivity index (χ2v) is 7.05. The summed E-state index contributed by atoms with van der Waals surface area (Å²) in [7, 11) is 1.27. The number of halogens is 7. The molecule has 1 atom stereocenters. The average Bonchev–Trinajstić information content (AvgIpc) is 3.09. The monoisotopic (exact) mass is 464 g/mol. The van der Waals surface area contributed by atoms with Crippen LogP contribution in [0.3, 0.4) is 0 Å². The van der Waals surface area contributed by atoms with Gasteiger partial charge >= 0.3 is 12.4 Å². The van der Waals surface area contributed by atoms with Gasteiger partial charge in [0.15, 0.2) is 0 Å². The van der Waals surface area contributed by atoms with Crippen molar-refractivity contribution in [2.24, 2.45) is 0 Å². The van der Waals surface area contributed by atoms with Crippen LogP contribution in [0.25, 0.3) is 0 Å². The molecule has 1 saturated heterocycles. The van der Waals surface area contributed by atoms with Gasteiger partial charge in [0.05, 0.1) is 12.0 Å². The number of hydrazine groups is 1. The molecule has 1 unspecified atom stereocenters. The maximum atomic E-state index is 13.5. The van der Waals surface area contributed by atoms with Gasteiger partial charge in [0.25, 0.3) is 5.91 Å². The molecule has 0 bridgehead atoms. The molecule has 0 saturated carbocycles. The number of hydrogen-bond acceptors (Lipinski definition) is 4. The number of nitrogens with one attached hydrogen (secondary N) is 1. The van der Waals surface area contributed by atoms with Crippen molar-refractivity contribution in [1.29, 1.82) is 0 Å². The van der Waals surface area contributed by atoms with Gasteiger partial charge in [0.1, 0.15) is 23.4 Å². The van der Waals surface area contributed by atoms with Crippen LogP contribution >= 0.6 is 0 Å². The number of anilines is 2. The van der Waals surface area contributed by atoms with E-state index in [1.807, 2.05) is 0 Å². The molecule has 3 rings (SSSR count). The summed E-state index contributed by atoms with van der Waals surface area (Å²) in [6.45, 7) is 1.44. The van der Waals surface area contributed by atoms with Crippen molar-refractivity contribution in [3.63, 3.8) is 0 Å².